The molecule has 17 heavy (non-hydrogen) atoms. The molecule has 94 valence electrons. The van der Waals surface area contributed by atoms with Gasteiger partial charge in [-0.3, -0.25) is 0 Å². The highest BCUT2D eigenvalue weighted by molar-refractivity contribution is 5.34. The number of fused-ring (bicyclic) bond motifs is 1. The summed E-state index contributed by atoms with van der Waals surface area (Å²) in [5.74, 6) is 0.441. The lowest BCUT2D eigenvalue weighted by Crippen LogP contribution is -2.14. The first kappa shape index (κ1) is 12.4. The highest BCUT2D eigenvalue weighted by Gasteiger charge is 2.31. The van der Waals surface area contributed by atoms with Gasteiger partial charge < -0.3 is 5.73 Å². The molecule has 0 heterocycles. The van der Waals surface area contributed by atoms with Crippen molar-refractivity contribution in [3.05, 3.63) is 34.9 Å². The number of alkyl halides is 3. The molecule has 1 nitrogen and oxygen atoms in total. The Morgan fingerprint density at radius 1 is 1.12 bits per heavy atom. The lowest BCUT2D eigenvalue weighted by Gasteiger charge is -2.11. The van der Waals surface area contributed by atoms with Gasteiger partial charge in [-0.25, -0.2) is 0 Å². The molecule has 1 aliphatic rings. The smallest absolute Gasteiger partial charge is 0.330 e. The van der Waals surface area contributed by atoms with E-state index in [1.54, 1.807) is 6.07 Å². The minimum absolute atomic E-state index is 0.441. The molecule has 0 saturated heterocycles. The minimum atomic E-state index is -4.24. The molecule has 1 unspecified atom stereocenters. The third kappa shape index (κ3) is 2.80. The van der Waals surface area contributed by atoms with Gasteiger partial charge in [-0.1, -0.05) is 6.07 Å². The second-order valence-corrected chi connectivity index (χ2v) is 4.66. The number of hydrogen-bond donors (Lipinski definition) is 1. The summed E-state index contributed by atoms with van der Waals surface area (Å²) in [7, 11) is 0. The number of aryl methyl sites for hydroxylation is 2. The fourth-order valence-electron chi connectivity index (χ4n) is 2.38. The van der Waals surface area contributed by atoms with Crippen molar-refractivity contribution in [3.63, 3.8) is 0 Å². The molecule has 1 aromatic rings. The molecule has 4 heteroatoms. The Morgan fingerprint density at radius 2 is 1.76 bits per heavy atom. The van der Waals surface area contributed by atoms with Gasteiger partial charge in [0.1, 0.15) is 0 Å². The monoisotopic (exact) mass is 243 g/mol. The normalized spacial score (nSPS) is 20.8. The molecular formula is C13H16F3N. The zero-order valence-electron chi connectivity index (χ0n) is 9.56. The van der Waals surface area contributed by atoms with Crippen LogP contribution in [0.1, 0.15) is 29.5 Å². The van der Waals surface area contributed by atoms with E-state index in [1.807, 2.05) is 0 Å². The van der Waals surface area contributed by atoms with Crippen molar-refractivity contribution in [3.8, 4) is 0 Å². The Labute approximate surface area is 98.8 Å². The van der Waals surface area contributed by atoms with Crippen molar-refractivity contribution in [1.29, 1.82) is 0 Å². The summed E-state index contributed by atoms with van der Waals surface area (Å²) in [6.45, 7) is 0.625. The fourth-order valence-corrected chi connectivity index (χ4v) is 2.38. The predicted molar refractivity (Wildman–Crippen MR) is 60.6 cm³/mol. The third-order valence-corrected chi connectivity index (χ3v) is 3.51. The Balaban J connectivity index is 2.26. The van der Waals surface area contributed by atoms with Crippen LogP contribution in [-0.4, -0.2) is 6.54 Å². The first-order valence-electron chi connectivity index (χ1n) is 5.90. The predicted octanol–water partition coefficient (Wildman–Crippen LogP) is 3.16. The van der Waals surface area contributed by atoms with E-state index in [2.05, 4.69) is 0 Å². The molecule has 2 N–H and O–H groups in total. The largest absolute Gasteiger partial charge is 0.416 e. The van der Waals surface area contributed by atoms with Crippen LogP contribution in [0.5, 0.6) is 0 Å². The molecule has 0 fully saturated rings. The van der Waals surface area contributed by atoms with E-state index < -0.39 is 11.7 Å². The van der Waals surface area contributed by atoms with Gasteiger partial charge in [-0.05, 0) is 61.4 Å². The van der Waals surface area contributed by atoms with Crippen LogP contribution in [0.25, 0.3) is 0 Å². The van der Waals surface area contributed by atoms with Crippen molar-refractivity contribution >= 4 is 0 Å². The van der Waals surface area contributed by atoms with E-state index in [0.717, 1.165) is 30.4 Å². The van der Waals surface area contributed by atoms with Crippen LogP contribution in [0.2, 0.25) is 0 Å². The molecule has 0 amide bonds. The first-order valence-corrected chi connectivity index (χ1v) is 5.90. The summed E-state index contributed by atoms with van der Waals surface area (Å²) in [6, 6.07) is 4.10. The summed E-state index contributed by atoms with van der Waals surface area (Å²) in [6.07, 6.45) is -0.815. The van der Waals surface area contributed by atoms with Gasteiger partial charge in [0.05, 0.1) is 5.56 Å². The highest BCUT2D eigenvalue weighted by Crippen LogP contribution is 2.32. The van der Waals surface area contributed by atoms with Crippen molar-refractivity contribution in [2.24, 2.45) is 11.7 Å². The van der Waals surface area contributed by atoms with E-state index in [-0.39, 0.29) is 0 Å². The second-order valence-electron chi connectivity index (χ2n) is 4.66. The summed E-state index contributed by atoms with van der Waals surface area (Å²) in [5.41, 5.74) is 6.98. The zero-order valence-corrected chi connectivity index (χ0v) is 9.56. The van der Waals surface area contributed by atoms with E-state index in [0.29, 0.717) is 18.9 Å². The van der Waals surface area contributed by atoms with Crippen LogP contribution < -0.4 is 5.73 Å². The van der Waals surface area contributed by atoms with Crippen molar-refractivity contribution in [2.75, 3.05) is 6.54 Å². The Hall–Kier alpha value is -1.03. The maximum absolute atomic E-state index is 12.6. The molecule has 0 aromatic heterocycles. The van der Waals surface area contributed by atoms with E-state index in [4.69, 9.17) is 5.73 Å². The number of nitrogens with two attached hydrogens (primary N) is 1. The van der Waals surface area contributed by atoms with Gasteiger partial charge in [0, 0.05) is 0 Å². The van der Waals surface area contributed by atoms with Crippen LogP contribution in [0, 0.1) is 5.92 Å². The minimum Gasteiger partial charge on any atom is -0.330 e. The van der Waals surface area contributed by atoms with Crippen molar-refractivity contribution in [2.45, 2.75) is 31.9 Å². The van der Waals surface area contributed by atoms with Crippen LogP contribution in [0.4, 0.5) is 13.2 Å². The molecule has 0 radical (unpaired) electrons. The molecule has 0 spiro atoms. The second kappa shape index (κ2) is 4.69. The van der Waals surface area contributed by atoms with Crippen LogP contribution in [0.15, 0.2) is 18.2 Å². The first-order chi connectivity index (χ1) is 8.00. The van der Waals surface area contributed by atoms with Crippen molar-refractivity contribution in [1.82, 2.24) is 0 Å². The Kier molecular flexibility index (Phi) is 3.43. The van der Waals surface area contributed by atoms with Crippen LogP contribution in [0.3, 0.4) is 0 Å². The quantitative estimate of drug-likeness (QED) is 0.753. The Morgan fingerprint density at radius 3 is 2.35 bits per heavy atom. The fraction of sp³-hybridized carbons (Fsp3) is 0.538. The lowest BCUT2D eigenvalue weighted by atomic mass is 10.00. The van der Waals surface area contributed by atoms with Crippen LogP contribution in [-0.2, 0) is 19.0 Å². The molecule has 0 bridgehead atoms. The van der Waals surface area contributed by atoms with Gasteiger partial charge >= 0.3 is 6.18 Å². The van der Waals surface area contributed by atoms with Gasteiger partial charge in [0.25, 0.3) is 0 Å². The van der Waals surface area contributed by atoms with E-state index in [9.17, 15) is 13.2 Å². The van der Waals surface area contributed by atoms with Crippen LogP contribution >= 0.6 is 0 Å². The molecule has 1 aliphatic carbocycles. The average Bonchev–Trinajstić information content (AvgIpc) is 2.48. The maximum Gasteiger partial charge on any atom is 0.416 e. The number of rotatable bonds is 1. The van der Waals surface area contributed by atoms with Gasteiger partial charge in [0.2, 0.25) is 0 Å². The molecule has 0 saturated carbocycles. The van der Waals surface area contributed by atoms with Crippen molar-refractivity contribution < 1.29 is 13.2 Å². The molecule has 1 aromatic carbocycles. The number of hydrogen-bond acceptors (Lipinski definition) is 1. The summed E-state index contributed by atoms with van der Waals surface area (Å²) in [4.78, 5) is 0. The molecule has 1 atom stereocenters. The van der Waals surface area contributed by atoms with Gasteiger partial charge in [0.15, 0.2) is 0 Å². The lowest BCUT2D eigenvalue weighted by molar-refractivity contribution is -0.137. The molecular weight excluding hydrogens is 227 g/mol. The summed E-state index contributed by atoms with van der Waals surface area (Å²) >= 11 is 0. The summed E-state index contributed by atoms with van der Waals surface area (Å²) in [5, 5.41) is 0. The summed E-state index contributed by atoms with van der Waals surface area (Å²) < 4.78 is 37.7. The number of benzene rings is 1. The van der Waals surface area contributed by atoms with Gasteiger partial charge in [-0.2, -0.15) is 13.2 Å². The SMILES string of the molecule is NCC1CCc2ccc(C(F)(F)F)cc2CC1. The number of halogens is 3. The molecule has 0 aliphatic heterocycles. The molecule has 2 rings (SSSR count). The maximum atomic E-state index is 12.6. The Bertz CT molecular complexity index is 398. The van der Waals surface area contributed by atoms with E-state index in [1.165, 1.54) is 12.1 Å². The standard InChI is InChI=1S/C13H16F3N/c14-13(15,16)12-6-5-10-3-1-9(8-17)2-4-11(10)7-12/h5-7,9H,1-4,8,17H2. The average molecular weight is 243 g/mol. The third-order valence-electron chi connectivity index (χ3n) is 3.51. The zero-order chi connectivity index (χ0) is 12.5. The topological polar surface area (TPSA) is 26.0 Å². The van der Waals surface area contributed by atoms with Gasteiger partial charge in [-0.15, -0.1) is 0 Å². The highest BCUT2D eigenvalue weighted by atomic mass is 19.4. The van der Waals surface area contributed by atoms with E-state index >= 15 is 0 Å².